The van der Waals surface area contributed by atoms with E-state index < -0.39 is 12.6 Å². The van der Waals surface area contributed by atoms with Crippen LogP contribution in [0.4, 0.5) is 18.0 Å². The molecule has 8 heteroatoms. The van der Waals surface area contributed by atoms with Crippen molar-refractivity contribution in [3.8, 4) is 0 Å². The summed E-state index contributed by atoms with van der Waals surface area (Å²) in [5, 5.41) is 9.76. The fraction of sp³-hybridized carbons (Fsp3) is 0.706. The third kappa shape index (κ3) is 7.23. The lowest BCUT2D eigenvalue weighted by atomic mass is 9.85. The van der Waals surface area contributed by atoms with Gasteiger partial charge in [-0.1, -0.05) is 24.3 Å². The summed E-state index contributed by atoms with van der Waals surface area (Å²) in [4.78, 5) is 21.9. The van der Waals surface area contributed by atoms with Crippen molar-refractivity contribution in [1.82, 2.24) is 9.80 Å². The molecule has 230 valence electrons. The summed E-state index contributed by atoms with van der Waals surface area (Å²) in [7, 11) is 0. The van der Waals surface area contributed by atoms with E-state index >= 15 is 0 Å². The van der Waals surface area contributed by atoms with E-state index in [0.29, 0.717) is 49.2 Å². The van der Waals surface area contributed by atoms with Crippen molar-refractivity contribution >= 4 is 12.2 Å². The van der Waals surface area contributed by atoms with Crippen LogP contribution in [0, 0.1) is 17.8 Å². The van der Waals surface area contributed by atoms with Gasteiger partial charge >= 0.3 is 12.2 Å². The first-order chi connectivity index (χ1) is 20.2. The van der Waals surface area contributed by atoms with E-state index in [4.69, 9.17) is 4.99 Å². The van der Waals surface area contributed by atoms with Gasteiger partial charge in [0, 0.05) is 32.4 Å². The Kier molecular flexibility index (Phi) is 8.99. The van der Waals surface area contributed by atoms with E-state index in [9.17, 15) is 23.1 Å². The summed E-state index contributed by atoms with van der Waals surface area (Å²) >= 11 is 0. The molecular weight excluding hydrogens is 539 g/mol. The molecule has 0 aromatic heterocycles. The van der Waals surface area contributed by atoms with Crippen molar-refractivity contribution < 1.29 is 23.1 Å². The van der Waals surface area contributed by atoms with Gasteiger partial charge < -0.3 is 14.9 Å². The van der Waals surface area contributed by atoms with Gasteiger partial charge in [0.1, 0.15) is 0 Å². The van der Waals surface area contributed by atoms with Crippen molar-refractivity contribution in [3.63, 3.8) is 0 Å². The minimum absolute atomic E-state index is 0.137. The molecule has 0 bridgehead atoms. The number of halogens is 3. The van der Waals surface area contributed by atoms with Crippen LogP contribution < -0.4 is 0 Å². The number of aliphatic imine (C=N–C) groups is 1. The van der Waals surface area contributed by atoms with Gasteiger partial charge in [-0.15, -0.1) is 0 Å². The molecule has 1 N–H and O–H groups in total. The van der Waals surface area contributed by atoms with Gasteiger partial charge in [0.25, 0.3) is 0 Å². The SMILES string of the molecule is O=C(N1CCC(O)CC1)N1CCC(CC2N=CC(CC[C@@H]3CC[C@@H](c4ccccc4CC(F)(F)F)C3)=C2C2CC2)CC1. The Labute approximate surface area is 248 Å². The Hall–Kier alpha value is -2.35. The lowest BCUT2D eigenvalue weighted by Crippen LogP contribution is -2.50. The average molecular weight is 586 g/mol. The van der Waals surface area contributed by atoms with Gasteiger partial charge in [-0.3, -0.25) is 4.99 Å². The highest BCUT2D eigenvalue weighted by Gasteiger charge is 2.38. The summed E-state index contributed by atoms with van der Waals surface area (Å²) in [5.41, 5.74) is 4.36. The zero-order chi connectivity index (χ0) is 29.3. The Morgan fingerprint density at radius 3 is 2.24 bits per heavy atom. The smallest absolute Gasteiger partial charge is 0.393 e. The van der Waals surface area contributed by atoms with Gasteiger partial charge in [0.15, 0.2) is 0 Å². The molecule has 1 aromatic carbocycles. The topological polar surface area (TPSA) is 56.1 Å². The number of alkyl halides is 3. The molecule has 2 amide bonds. The predicted molar refractivity (Wildman–Crippen MR) is 159 cm³/mol. The fourth-order valence-corrected chi connectivity index (χ4v) is 8.10. The second-order valence-corrected chi connectivity index (χ2v) is 13.6. The highest BCUT2D eigenvalue weighted by Crippen LogP contribution is 2.47. The largest absolute Gasteiger partial charge is 0.393 e. The monoisotopic (exact) mass is 585 g/mol. The third-order valence-corrected chi connectivity index (χ3v) is 10.6. The molecule has 3 atom stereocenters. The molecule has 4 fully saturated rings. The number of aliphatic hydroxyl groups excluding tert-OH is 1. The van der Waals surface area contributed by atoms with Gasteiger partial charge in [-0.25, -0.2) is 4.79 Å². The van der Waals surface area contributed by atoms with Crippen LogP contribution in [0.15, 0.2) is 40.4 Å². The van der Waals surface area contributed by atoms with E-state index in [2.05, 4.69) is 6.21 Å². The number of carbonyl (C=O) groups is 1. The van der Waals surface area contributed by atoms with Gasteiger partial charge in [0.05, 0.1) is 18.6 Å². The second kappa shape index (κ2) is 12.7. The van der Waals surface area contributed by atoms with Crippen molar-refractivity contribution in [1.29, 1.82) is 0 Å². The van der Waals surface area contributed by atoms with Gasteiger partial charge in [-0.2, -0.15) is 13.2 Å². The van der Waals surface area contributed by atoms with E-state index in [1.54, 1.807) is 17.7 Å². The number of rotatable bonds is 8. The highest BCUT2D eigenvalue weighted by molar-refractivity contribution is 5.83. The molecule has 5 nitrogen and oxygen atoms in total. The number of likely N-dealkylation sites (tertiary alicyclic amines) is 2. The van der Waals surface area contributed by atoms with Crippen LogP contribution in [0.2, 0.25) is 0 Å². The summed E-state index contributed by atoms with van der Waals surface area (Å²) < 4.78 is 39.5. The first-order valence-electron chi connectivity index (χ1n) is 16.4. The van der Waals surface area contributed by atoms with Crippen LogP contribution in [0.1, 0.15) is 94.1 Å². The number of amides is 2. The maximum absolute atomic E-state index is 13.2. The quantitative estimate of drug-likeness (QED) is 0.348. The summed E-state index contributed by atoms with van der Waals surface area (Å²) in [5.74, 6) is 2.04. The maximum atomic E-state index is 13.2. The Balaban J connectivity index is 0.997. The molecule has 0 radical (unpaired) electrons. The number of hydrogen-bond donors (Lipinski definition) is 1. The third-order valence-electron chi connectivity index (χ3n) is 10.6. The van der Waals surface area contributed by atoms with Crippen LogP contribution in [-0.4, -0.2) is 71.7 Å². The summed E-state index contributed by atoms with van der Waals surface area (Å²) in [6.07, 6.45) is 9.06. The van der Waals surface area contributed by atoms with Crippen LogP contribution in [0.5, 0.6) is 0 Å². The zero-order valence-electron chi connectivity index (χ0n) is 24.7. The van der Waals surface area contributed by atoms with Gasteiger partial charge in [-0.05, 0) is 123 Å². The molecule has 3 heterocycles. The van der Waals surface area contributed by atoms with Crippen LogP contribution in [0.3, 0.4) is 0 Å². The minimum atomic E-state index is -4.18. The van der Waals surface area contributed by atoms with Crippen LogP contribution in [0.25, 0.3) is 0 Å². The standard InChI is InChI=1S/C34H46F3N3O2/c35-34(36,37)21-27-3-1-2-4-30(27)26-7-5-23(19-26)6-8-28-22-38-31(32(28)25-9-10-25)20-24-11-15-39(16-12-24)33(42)40-17-13-29(41)14-18-40/h1-4,22-26,29,31,41H,5-21H2/t23-,26+,31?/m0/s1. The fourth-order valence-electron chi connectivity index (χ4n) is 8.10. The second-order valence-electron chi connectivity index (χ2n) is 13.6. The molecule has 2 aliphatic carbocycles. The van der Waals surface area contributed by atoms with Gasteiger partial charge in [0.2, 0.25) is 0 Å². The maximum Gasteiger partial charge on any atom is 0.393 e. The molecule has 5 aliphatic rings. The molecule has 42 heavy (non-hydrogen) atoms. The Morgan fingerprint density at radius 2 is 1.55 bits per heavy atom. The molecule has 1 aromatic rings. The molecule has 3 aliphatic heterocycles. The molecule has 1 unspecified atom stereocenters. The molecule has 2 saturated heterocycles. The van der Waals surface area contributed by atoms with Crippen molar-refractivity contribution in [2.45, 2.75) is 108 Å². The first kappa shape index (κ1) is 29.7. The number of urea groups is 1. The lowest BCUT2D eigenvalue weighted by Gasteiger charge is -2.38. The normalized spacial score (nSPS) is 27.9. The molecule has 0 spiro atoms. The highest BCUT2D eigenvalue weighted by atomic mass is 19.4. The summed E-state index contributed by atoms with van der Waals surface area (Å²) in [6.45, 7) is 2.93. The van der Waals surface area contributed by atoms with E-state index in [-0.39, 0.29) is 24.1 Å². The van der Waals surface area contributed by atoms with E-state index in [1.165, 1.54) is 18.4 Å². The number of aliphatic hydroxyl groups is 1. The number of nitrogens with zero attached hydrogens (tertiary/aromatic N) is 3. The predicted octanol–water partition coefficient (Wildman–Crippen LogP) is 7.29. The van der Waals surface area contributed by atoms with Crippen molar-refractivity contribution in [2.24, 2.45) is 22.7 Å². The van der Waals surface area contributed by atoms with Crippen molar-refractivity contribution in [2.75, 3.05) is 26.2 Å². The average Bonchev–Trinajstić information content (AvgIpc) is 3.56. The Bertz CT molecular complexity index is 1160. The van der Waals surface area contributed by atoms with E-state index in [1.807, 2.05) is 21.9 Å². The minimum Gasteiger partial charge on any atom is -0.393 e. The summed E-state index contributed by atoms with van der Waals surface area (Å²) in [6, 6.07) is 7.60. The first-order valence-corrected chi connectivity index (χ1v) is 16.4. The lowest BCUT2D eigenvalue weighted by molar-refractivity contribution is -0.127. The number of carbonyl (C=O) groups excluding carboxylic acids is 1. The molecule has 6 rings (SSSR count). The Morgan fingerprint density at radius 1 is 0.881 bits per heavy atom. The van der Waals surface area contributed by atoms with Crippen molar-refractivity contribution in [3.05, 3.63) is 46.5 Å². The molecular formula is C34H46F3N3O2. The number of piperidine rings is 2. The van der Waals surface area contributed by atoms with Crippen LogP contribution in [-0.2, 0) is 6.42 Å². The van der Waals surface area contributed by atoms with E-state index in [0.717, 1.165) is 70.0 Å². The number of benzene rings is 1. The zero-order valence-corrected chi connectivity index (χ0v) is 24.7. The molecule has 2 saturated carbocycles. The number of allylic oxidation sites excluding steroid dienone is 1. The van der Waals surface area contributed by atoms with Crippen LogP contribution >= 0.6 is 0 Å². The number of hydrogen-bond acceptors (Lipinski definition) is 3.